The SMILES string of the molecule is N#CNC(=O)N(S)c1ccc(Oc2ccc(Cl)c(Cl)c2)cc1. The van der Waals surface area contributed by atoms with Crippen LogP contribution in [0.3, 0.4) is 0 Å². The van der Waals surface area contributed by atoms with E-state index in [1.807, 2.05) is 5.32 Å². The molecule has 0 saturated carbocycles. The first-order chi connectivity index (χ1) is 10.5. The van der Waals surface area contributed by atoms with Gasteiger partial charge >= 0.3 is 6.03 Å². The van der Waals surface area contributed by atoms with Crippen LogP contribution in [0.5, 0.6) is 11.5 Å². The monoisotopic (exact) mass is 353 g/mol. The Balaban J connectivity index is 2.10. The Morgan fingerprint density at radius 2 is 1.77 bits per heavy atom. The summed E-state index contributed by atoms with van der Waals surface area (Å²) in [5.41, 5.74) is 0.484. The summed E-state index contributed by atoms with van der Waals surface area (Å²) in [7, 11) is 0. The van der Waals surface area contributed by atoms with Crippen LogP contribution in [0.2, 0.25) is 10.0 Å². The van der Waals surface area contributed by atoms with Crippen molar-refractivity contribution in [2.45, 2.75) is 0 Å². The number of hydrogen-bond acceptors (Lipinski definition) is 4. The van der Waals surface area contributed by atoms with Crippen LogP contribution in [0.1, 0.15) is 0 Å². The van der Waals surface area contributed by atoms with Gasteiger partial charge in [0, 0.05) is 6.07 Å². The molecule has 0 saturated heterocycles. The maximum absolute atomic E-state index is 11.4. The summed E-state index contributed by atoms with van der Waals surface area (Å²) in [6.07, 6.45) is 1.53. The van der Waals surface area contributed by atoms with Crippen LogP contribution in [0.15, 0.2) is 42.5 Å². The third-order valence-corrected chi connectivity index (χ3v) is 3.71. The number of rotatable bonds is 3. The lowest BCUT2D eigenvalue weighted by atomic mass is 10.3. The third kappa shape index (κ3) is 3.98. The van der Waals surface area contributed by atoms with E-state index >= 15 is 0 Å². The van der Waals surface area contributed by atoms with E-state index in [2.05, 4.69) is 12.8 Å². The molecule has 0 fully saturated rings. The van der Waals surface area contributed by atoms with Gasteiger partial charge < -0.3 is 4.74 Å². The zero-order chi connectivity index (χ0) is 16.1. The average molecular weight is 354 g/mol. The van der Waals surface area contributed by atoms with Crippen molar-refractivity contribution < 1.29 is 9.53 Å². The van der Waals surface area contributed by atoms with Crippen molar-refractivity contribution in [2.75, 3.05) is 4.31 Å². The van der Waals surface area contributed by atoms with Crippen molar-refractivity contribution in [1.29, 1.82) is 5.26 Å². The van der Waals surface area contributed by atoms with Crippen LogP contribution >= 0.6 is 36.0 Å². The molecule has 2 aromatic carbocycles. The largest absolute Gasteiger partial charge is 0.457 e. The summed E-state index contributed by atoms with van der Waals surface area (Å²) in [5, 5.41) is 11.2. The first-order valence-electron chi connectivity index (χ1n) is 5.92. The number of ether oxygens (including phenoxy) is 1. The first kappa shape index (κ1) is 16.3. The zero-order valence-electron chi connectivity index (χ0n) is 11.0. The number of halogens is 2. The van der Waals surface area contributed by atoms with Gasteiger partial charge in [-0.25, -0.2) is 14.4 Å². The molecular formula is C14H9Cl2N3O2S. The molecule has 2 aromatic rings. The average Bonchev–Trinajstić information content (AvgIpc) is 2.51. The highest BCUT2D eigenvalue weighted by atomic mass is 35.5. The van der Waals surface area contributed by atoms with E-state index in [1.54, 1.807) is 42.5 Å². The molecule has 0 aliphatic heterocycles. The molecule has 2 rings (SSSR count). The number of benzene rings is 2. The first-order valence-corrected chi connectivity index (χ1v) is 7.08. The Hall–Kier alpha value is -2.07. The minimum atomic E-state index is -0.649. The van der Waals surface area contributed by atoms with Gasteiger partial charge in [0.2, 0.25) is 0 Å². The molecule has 1 N–H and O–H groups in total. The fourth-order valence-corrected chi connectivity index (χ4v) is 2.02. The third-order valence-electron chi connectivity index (χ3n) is 2.56. The second-order valence-corrected chi connectivity index (χ2v) is 5.24. The standard InChI is InChI=1S/C14H9Cl2N3O2S/c15-12-6-5-11(7-13(12)16)21-10-3-1-9(2-4-10)19(22)14(20)18-8-17/h1-7,22H,(H,18,20). The number of nitrogens with zero attached hydrogens (tertiary/aromatic N) is 2. The number of hydrogen-bond donors (Lipinski definition) is 2. The Labute approximate surface area is 142 Å². The number of carbonyl (C=O) groups excluding carboxylic acids is 1. The molecule has 0 aliphatic carbocycles. The van der Waals surface area contributed by atoms with Crippen LogP contribution in [-0.4, -0.2) is 6.03 Å². The van der Waals surface area contributed by atoms with E-state index in [9.17, 15) is 4.79 Å². The number of anilines is 1. The smallest absolute Gasteiger partial charge is 0.345 e. The van der Waals surface area contributed by atoms with Gasteiger partial charge in [-0.05, 0) is 36.4 Å². The van der Waals surface area contributed by atoms with Crippen LogP contribution < -0.4 is 14.4 Å². The highest BCUT2D eigenvalue weighted by Gasteiger charge is 2.11. The molecule has 0 aromatic heterocycles. The Bertz CT molecular complexity index is 732. The molecule has 8 heteroatoms. The molecule has 2 amide bonds. The Morgan fingerprint density at radius 3 is 2.36 bits per heavy atom. The topological polar surface area (TPSA) is 65.4 Å². The van der Waals surface area contributed by atoms with Gasteiger partial charge in [-0.1, -0.05) is 36.0 Å². The van der Waals surface area contributed by atoms with Gasteiger partial charge in [-0.15, -0.1) is 0 Å². The van der Waals surface area contributed by atoms with Crippen LogP contribution in [0, 0.1) is 11.5 Å². The molecular weight excluding hydrogens is 345 g/mol. The van der Waals surface area contributed by atoms with Crippen LogP contribution in [-0.2, 0) is 0 Å². The van der Waals surface area contributed by atoms with Gasteiger partial charge in [0.1, 0.15) is 11.5 Å². The van der Waals surface area contributed by atoms with Gasteiger partial charge in [0.05, 0.1) is 15.7 Å². The van der Waals surface area contributed by atoms with E-state index in [1.165, 1.54) is 6.19 Å². The summed E-state index contributed by atoms with van der Waals surface area (Å²) in [6, 6.07) is 10.8. The maximum Gasteiger partial charge on any atom is 0.345 e. The van der Waals surface area contributed by atoms with Gasteiger partial charge in [0.25, 0.3) is 0 Å². The van der Waals surface area contributed by atoms with Gasteiger partial charge in [0.15, 0.2) is 6.19 Å². The van der Waals surface area contributed by atoms with Crippen molar-refractivity contribution in [1.82, 2.24) is 5.32 Å². The molecule has 5 nitrogen and oxygen atoms in total. The van der Waals surface area contributed by atoms with Crippen LogP contribution in [0.25, 0.3) is 0 Å². The van der Waals surface area contributed by atoms with E-state index in [0.717, 1.165) is 4.31 Å². The number of amides is 2. The quantitative estimate of drug-likeness (QED) is 0.480. The van der Waals surface area contributed by atoms with Crippen LogP contribution in [0.4, 0.5) is 10.5 Å². The number of thiol groups is 1. The minimum Gasteiger partial charge on any atom is -0.457 e. The van der Waals surface area contributed by atoms with E-state index < -0.39 is 6.03 Å². The minimum absolute atomic E-state index is 0.394. The molecule has 0 radical (unpaired) electrons. The summed E-state index contributed by atoms with van der Waals surface area (Å²) in [4.78, 5) is 11.4. The fourth-order valence-electron chi connectivity index (χ4n) is 1.55. The van der Waals surface area contributed by atoms with Crippen molar-refractivity contribution in [2.24, 2.45) is 0 Å². The molecule has 0 aliphatic rings. The molecule has 112 valence electrons. The van der Waals surface area contributed by atoms with E-state index in [0.29, 0.717) is 27.2 Å². The molecule has 0 unspecified atom stereocenters. The predicted octanol–water partition coefficient (Wildman–Crippen LogP) is 4.63. The molecule has 0 bridgehead atoms. The second-order valence-electron chi connectivity index (χ2n) is 4.03. The number of nitrogens with one attached hydrogen (secondary N) is 1. The second kappa shape index (κ2) is 7.27. The highest BCUT2D eigenvalue weighted by molar-refractivity contribution is 7.82. The van der Waals surface area contributed by atoms with Gasteiger partial charge in [-0.3, -0.25) is 0 Å². The number of nitriles is 1. The lowest BCUT2D eigenvalue weighted by molar-refractivity contribution is 0.253. The number of carbonyl (C=O) groups is 1. The van der Waals surface area contributed by atoms with E-state index in [4.69, 9.17) is 33.2 Å². The van der Waals surface area contributed by atoms with Crippen molar-refractivity contribution in [3.8, 4) is 17.7 Å². The van der Waals surface area contributed by atoms with Gasteiger partial charge in [-0.2, -0.15) is 5.26 Å². The Morgan fingerprint density at radius 1 is 1.14 bits per heavy atom. The fraction of sp³-hybridized carbons (Fsp3) is 0. The number of urea groups is 1. The summed E-state index contributed by atoms with van der Waals surface area (Å²) >= 11 is 15.7. The zero-order valence-corrected chi connectivity index (χ0v) is 13.4. The molecule has 22 heavy (non-hydrogen) atoms. The maximum atomic E-state index is 11.4. The summed E-state index contributed by atoms with van der Waals surface area (Å²) < 4.78 is 6.62. The van der Waals surface area contributed by atoms with E-state index in [-0.39, 0.29) is 0 Å². The van der Waals surface area contributed by atoms with Crippen molar-refractivity contribution in [3.63, 3.8) is 0 Å². The lowest BCUT2D eigenvalue weighted by Crippen LogP contribution is -2.30. The molecule has 0 atom stereocenters. The lowest BCUT2D eigenvalue weighted by Gasteiger charge is -2.14. The normalized spacial score (nSPS) is 9.73. The Kier molecular flexibility index (Phi) is 5.39. The van der Waals surface area contributed by atoms with Crippen molar-refractivity contribution in [3.05, 3.63) is 52.5 Å². The summed E-state index contributed by atoms with van der Waals surface area (Å²) in [6.45, 7) is 0. The summed E-state index contributed by atoms with van der Waals surface area (Å²) in [5.74, 6) is 1.08. The highest BCUT2D eigenvalue weighted by Crippen LogP contribution is 2.30. The molecule has 0 spiro atoms. The van der Waals surface area contributed by atoms with Crippen molar-refractivity contribution >= 4 is 47.7 Å². The molecule has 0 heterocycles. The predicted molar refractivity (Wildman–Crippen MR) is 88.6 cm³/mol.